The van der Waals surface area contributed by atoms with Crippen molar-refractivity contribution in [2.45, 2.75) is 25.1 Å². The van der Waals surface area contributed by atoms with Gasteiger partial charge in [0.2, 0.25) is 0 Å². The van der Waals surface area contributed by atoms with Crippen LogP contribution in [-0.2, 0) is 6.18 Å². The summed E-state index contributed by atoms with van der Waals surface area (Å²) >= 11 is 5.93. The van der Waals surface area contributed by atoms with Crippen molar-refractivity contribution in [3.05, 3.63) is 34.3 Å². The van der Waals surface area contributed by atoms with Crippen molar-refractivity contribution in [2.75, 3.05) is 26.2 Å². The normalized spacial score (nSPS) is 22.3. The van der Waals surface area contributed by atoms with Crippen molar-refractivity contribution in [2.24, 2.45) is 5.92 Å². The van der Waals surface area contributed by atoms with Crippen LogP contribution in [0.15, 0.2) is 18.2 Å². The first-order chi connectivity index (χ1) is 9.95. The van der Waals surface area contributed by atoms with Gasteiger partial charge in [0.25, 0.3) is 0 Å². The van der Waals surface area contributed by atoms with Crippen molar-refractivity contribution in [1.82, 2.24) is 10.2 Å². The Morgan fingerprint density at radius 3 is 2.38 bits per heavy atom. The second-order valence-electron chi connectivity index (χ2n) is 5.84. The SMILES string of the molecule is FC(F)(F)c1cc(Cl)cc([C@H](C2CC2)N2CCNCC2)c1. The fourth-order valence-corrected chi connectivity index (χ4v) is 3.34. The number of halogens is 4. The molecule has 2 aliphatic rings. The molecule has 21 heavy (non-hydrogen) atoms. The summed E-state index contributed by atoms with van der Waals surface area (Å²) in [6, 6.07) is 4.04. The lowest BCUT2D eigenvalue weighted by atomic mass is 9.97. The summed E-state index contributed by atoms with van der Waals surface area (Å²) in [5.41, 5.74) is 0.0602. The maximum atomic E-state index is 13.0. The highest BCUT2D eigenvalue weighted by Gasteiger charge is 2.38. The number of nitrogens with zero attached hydrogens (tertiary/aromatic N) is 1. The summed E-state index contributed by atoms with van der Waals surface area (Å²) in [7, 11) is 0. The largest absolute Gasteiger partial charge is 0.416 e. The predicted molar refractivity (Wildman–Crippen MR) is 76.4 cm³/mol. The molecule has 0 aromatic heterocycles. The molecule has 0 spiro atoms. The third kappa shape index (κ3) is 3.52. The lowest BCUT2D eigenvalue weighted by Crippen LogP contribution is -2.45. The molecule has 0 bridgehead atoms. The number of rotatable bonds is 3. The molecule has 1 saturated heterocycles. The number of nitrogens with one attached hydrogen (secondary N) is 1. The molecular weight excluding hydrogens is 301 g/mol. The van der Waals surface area contributed by atoms with Gasteiger partial charge < -0.3 is 5.32 Å². The van der Waals surface area contributed by atoms with Gasteiger partial charge in [0.1, 0.15) is 0 Å². The Morgan fingerprint density at radius 1 is 1.14 bits per heavy atom. The average molecular weight is 319 g/mol. The molecule has 116 valence electrons. The van der Waals surface area contributed by atoms with Gasteiger partial charge in [-0.05, 0) is 42.5 Å². The van der Waals surface area contributed by atoms with Crippen molar-refractivity contribution in [1.29, 1.82) is 0 Å². The van der Waals surface area contributed by atoms with Gasteiger partial charge in [0.05, 0.1) is 5.56 Å². The van der Waals surface area contributed by atoms with Gasteiger partial charge in [-0.3, -0.25) is 4.90 Å². The molecule has 1 N–H and O–H groups in total. The molecule has 0 radical (unpaired) electrons. The second kappa shape index (κ2) is 5.78. The van der Waals surface area contributed by atoms with Crippen molar-refractivity contribution in [3.63, 3.8) is 0 Å². The summed E-state index contributed by atoms with van der Waals surface area (Å²) in [4.78, 5) is 2.29. The third-order valence-corrected chi connectivity index (χ3v) is 4.42. The van der Waals surface area contributed by atoms with Gasteiger partial charge in [-0.1, -0.05) is 11.6 Å². The molecule has 1 aliphatic carbocycles. The topological polar surface area (TPSA) is 15.3 Å². The first-order valence-electron chi connectivity index (χ1n) is 7.27. The first-order valence-corrected chi connectivity index (χ1v) is 7.65. The van der Waals surface area contributed by atoms with E-state index >= 15 is 0 Å². The highest BCUT2D eigenvalue weighted by molar-refractivity contribution is 6.30. The highest BCUT2D eigenvalue weighted by Crippen LogP contribution is 2.46. The van der Waals surface area contributed by atoms with Gasteiger partial charge in [-0.25, -0.2) is 0 Å². The Hall–Kier alpha value is -0.780. The Kier molecular flexibility index (Phi) is 4.17. The van der Waals surface area contributed by atoms with Gasteiger partial charge in [0, 0.05) is 37.2 Å². The molecule has 1 aromatic rings. The van der Waals surface area contributed by atoms with Crippen molar-refractivity contribution in [3.8, 4) is 0 Å². The minimum atomic E-state index is -4.35. The maximum Gasteiger partial charge on any atom is 0.416 e. The van der Waals surface area contributed by atoms with E-state index in [1.54, 1.807) is 6.07 Å². The standard InChI is InChI=1S/C15H18ClF3N2/c16-13-8-11(7-12(9-13)15(17,18)19)14(10-1-2-10)21-5-3-20-4-6-21/h7-10,14,20H,1-6H2/t14-/m0/s1. The minimum absolute atomic E-state index is 0.0619. The summed E-state index contributed by atoms with van der Waals surface area (Å²) < 4.78 is 39.0. The van der Waals surface area contributed by atoms with Gasteiger partial charge in [0.15, 0.2) is 0 Å². The molecule has 0 unspecified atom stereocenters. The van der Waals surface area contributed by atoms with Crippen LogP contribution in [0.5, 0.6) is 0 Å². The van der Waals surface area contributed by atoms with Crippen LogP contribution in [0.3, 0.4) is 0 Å². The Balaban J connectivity index is 1.93. The monoisotopic (exact) mass is 318 g/mol. The summed E-state index contributed by atoms with van der Waals surface area (Å²) in [5.74, 6) is 0.461. The maximum absolute atomic E-state index is 13.0. The smallest absolute Gasteiger partial charge is 0.314 e. The Morgan fingerprint density at radius 2 is 1.81 bits per heavy atom. The zero-order chi connectivity index (χ0) is 15.0. The molecule has 1 atom stereocenters. The van der Waals surface area contributed by atoms with Crippen LogP contribution in [0, 0.1) is 5.92 Å². The van der Waals surface area contributed by atoms with Crippen LogP contribution in [0.2, 0.25) is 5.02 Å². The van der Waals surface area contributed by atoms with E-state index in [9.17, 15) is 13.2 Å². The van der Waals surface area contributed by atoms with E-state index in [1.165, 1.54) is 6.07 Å². The number of hydrogen-bond donors (Lipinski definition) is 1. The highest BCUT2D eigenvalue weighted by atomic mass is 35.5. The van der Waals surface area contributed by atoms with Crippen LogP contribution >= 0.6 is 11.6 Å². The molecule has 1 aliphatic heterocycles. The van der Waals surface area contributed by atoms with Crippen LogP contribution < -0.4 is 5.32 Å². The van der Waals surface area contributed by atoms with Crippen LogP contribution in [0.25, 0.3) is 0 Å². The zero-order valence-corrected chi connectivity index (χ0v) is 12.3. The van der Waals surface area contributed by atoms with Crippen molar-refractivity contribution < 1.29 is 13.2 Å². The van der Waals surface area contributed by atoms with E-state index < -0.39 is 11.7 Å². The molecule has 1 saturated carbocycles. The van der Waals surface area contributed by atoms with Crippen LogP contribution in [-0.4, -0.2) is 31.1 Å². The fourth-order valence-electron chi connectivity index (χ4n) is 3.10. The summed E-state index contributed by atoms with van der Waals surface area (Å²) in [6.45, 7) is 3.51. The third-order valence-electron chi connectivity index (χ3n) is 4.20. The number of benzene rings is 1. The lowest BCUT2D eigenvalue weighted by molar-refractivity contribution is -0.137. The van der Waals surface area contributed by atoms with E-state index in [1.807, 2.05) is 0 Å². The number of piperazine rings is 1. The first kappa shape index (κ1) is 15.1. The Bertz CT molecular complexity index is 508. The quantitative estimate of drug-likeness (QED) is 0.914. The second-order valence-corrected chi connectivity index (χ2v) is 6.28. The van der Waals surface area contributed by atoms with Crippen LogP contribution in [0.1, 0.15) is 30.0 Å². The van der Waals surface area contributed by atoms with E-state index in [-0.39, 0.29) is 11.1 Å². The number of hydrogen-bond acceptors (Lipinski definition) is 2. The molecule has 3 rings (SSSR count). The molecule has 6 heteroatoms. The Labute approximate surface area is 127 Å². The number of alkyl halides is 3. The minimum Gasteiger partial charge on any atom is -0.314 e. The lowest BCUT2D eigenvalue weighted by Gasteiger charge is -2.35. The van der Waals surface area contributed by atoms with Gasteiger partial charge >= 0.3 is 6.18 Å². The molecular formula is C15H18ClF3N2. The molecule has 1 heterocycles. The summed E-state index contributed by atoms with van der Waals surface area (Å²) in [6.07, 6.45) is -2.18. The molecule has 0 amide bonds. The molecule has 2 nitrogen and oxygen atoms in total. The van der Waals surface area contributed by atoms with E-state index in [0.717, 1.165) is 45.1 Å². The van der Waals surface area contributed by atoms with Gasteiger partial charge in [-0.2, -0.15) is 13.2 Å². The molecule has 1 aromatic carbocycles. The average Bonchev–Trinajstić information content (AvgIpc) is 3.23. The van der Waals surface area contributed by atoms with Crippen molar-refractivity contribution >= 4 is 11.6 Å². The van der Waals surface area contributed by atoms with Crippen LogP contribution in [0.4, 0.5) is 13.2 Å². The fraction of sp³-hybridized carbons (Fsp3) is 0.600. The van der Waals surface area contributed by atoms with E-state index in [2.05, 4.69) is 10.2 Å². The van der Waals surface area contributed by atoms with E-state index in [0.29, 0.717) is 11.5 Å². The summed E-state index contributed by atoms with van der Waals surface area (Å²) in [5, 5.41) is 3.45. The van der Waals surface area contributed by atoms with E-state index in [4.69, 9.17) is 11.6 Å². The molecule has 2 fully saturated rings. The van der Waals surface area contributed by atoms with Gasteiger partial charge in [-0.15, -0.1) is 0 Å². The zero-order valence-electron chi connectivity index (χ0n) is 11.6. The predicted octanol–water partition coefficient (Wildman–Crippen LogP) is 3.72.